The summed E-state index contributed by atoms with van der Waals surface area (Å²) in [6, 6.07) is -1.44. The van der Waals surface area contributed by atoms with Crippen LogP contribution >= 0.6 is 0 Å². The number of aliphatic carboxylic acids is 1. The third-order valence-corrected chi connectivity index (χ3v) is 7.92. The maximum atomic E-state index is 12.9. The Hall–Kier alpha value is -1.64. The lowest BCUT2D eigenvalue weighted by Crippen LogP contribution is -2.67. The summed E-state index contributed by atoms with van der Waals surface area (Å²) in [6.45, 7) is 7.92. The van der Waals surface area contributed by atoms with E-state index in [1.165, 1.54) is 13.8 Å². The molecule has 0 aliphatic carbocycles. The Labute approximate surface area is 147 Å². The van der Waals surface area contributed by atoms with Crippen LogP contribution in [0.5, 0.6) is 0 Å². The summed E-state index contributed by atoms with van der Waals surface area (Å²) in [5.41, 5.74) is 0. The Morgan fingerprint density at radius 1 is 1.32 bits per heavy atom. The normalized spacial score (nSPS) is 30.6. The fraction of sp³-hybridized carbons (Fsp3) is 0.812. The third-order valence-electron chi connectivity index (χ3n) is 5.08. The number of amides is 1. The van der Waals surface area contributed by atoms with E-state index in [9.17, 15) is 27.9 Å². The standard InChI is InChI=1S/C16H25NO7S/c1-6-7-9(18)24-11(8(2)3)10-13(19)17-12(15(20)21)16(4,5)25(22,23)14(10)17/h8,10-12,14H,6-7H2,1-5H3,(H,20,21)/t10-,11+,12+,14-/m1/s1. The van der Waals surface area contributed by atoms with Crippen molar-refractivity contribution in [1.82, 2.24) is 4.90 Å². The maximum Gasteiger partial charge on any atom is 0.328 e. The number of sulfone groups is 1. The van der Waals surface area contributed by atoms with Gasteiger partial charge in [0.15, 0.2) is 15.2 Å². The summed E-state index contributed by atoms with van der Waals surface area (Å²) in [5, 5.41) is 8.16. The molecule has 2 fully saturated rings. The Kier molecular flexibility index (Phi) is 4.93. The minimum Gasteiger partial charge on any atom is -0.480 e. The molecule has 0 unspecified atom stereocenters. The van der Waals surface area contributed by atoms with Gasteiger partial charge in [-0.3, -0.25) is 9.59 Å². The number of carboxylic acid groups (broad SMARTS) is 1. The van der Waals surface area contributed by atoms with Crippen molar-refractivity contribution in [2.24, 2.45) is 11.8 Å². The van der Waals surface area contributed by atoms with Crippen molar-refractivity contribution in [2.75, 3.05) is 0 Å². The monoisotopic (exact) mass is 375 g/mol. The van der Waals surface area contributed by atoms with Crippen molar-refractivity contribution in [2.45, 2.75) is 69.7 Å². The first-order valence-corrected chi connectivity index (χ1v) is 9.92. The molecule has 0 spiro atoms. The number of ether oxygens (including phenoxy) is 1. The maximum absolute atomic E-state index is 12.9. The highest BCUT2D eigenvalue weighted by atomic mass is 32.2. The fourth-order valence-electron chi connectivity index (χ4n) is 3.69. The molecule has 0 aromatic heterocycles. The molecular formula is C16H25NO7S. The molecule has 1 amide bonds. The SMILES string of the molecule is CCCC(=O)O[C@@H](C(C)C)[C@@H]1C(=O)N2[C@@H](C(=O)O)C(C)(C)S(=O)(=O)[C@H]12. The third kappa shape index (κ3) is 2.72. The van der Waals surface area contributed by atoms with E-state index in [0.29, 0.717) is 6.42 Å². The molecule has 0 saturated carbocycles. The van der Waals surface area contributed by atoms with E-state index in [0.717, 1.165) is 4.90 Å². The van der Waals surface area contributed by atoms with E-state index in [1.54, 1.807) is 13.8 Å². The highest BCUT2D eigenvalue weighted by molar-refractivity contribution is 7.93. The van der Waals surface area contributed by atoms with E-state index >= 15 is 0 Å². The topological polar surface area (TPSA) is 118 Å². The number of hydrogen-bond donors (Lipinski definition) is 1. The molecular weight excluding hydrogens is 350 g/mol. The first-order chi connectivity index (χ1) is 11.4. The van der Waals surface area contributed by atoms with Gasteiger partial charge in [-0.15, -0.1) is 0 Å². The molecule has 8 nitrogen and oxygen atoms in total. The summed E-state index contributed by atoms with van der Waals surface area (Å²) in [7, 11) is -3.94. The van der Waals surface area contributed by atoms with E-state index < -0.39 is 55.9 Å². The van der Waals surface area contributed by atoms with Gasteiger partial charge in [0.1, 0.15) is 18.1 Å². The van der Waals surface area contributed by atoms with Gasteiger partial charge in [0.05, 0.1) is 4.75 Å². The Balaban J connectivity index is 2.41. The van der Waals surface area contributed by atoms with Crippen molar-refractivity contribution in [1.29, 1.82) is 0 Å². The molecule has 2 aliphatic heterocycles. The predicted octanol–water partition coefficient (Wildman–Crippen LogP) is 0.799. The quantitative estimate of drug-likeness (QED) is 0.539. The van der Waals surface area contributed by atoms with Gasteiger partial charge in [0, 0.05) is 6.42 Å². The van der Waals surface area contributed by atoms with E-state index in [-0.39, 0.29) is 12.3 Å². The second kappa shape index (κ2) is 6.26. The van der Waals surface area contributed by atoms with Gasteiger partial charge in [-0.25, -0.2) is 13.2 Å². The van der Waals surface area contributed by atoms with Crippen LogP contribution in [0.3, 0.4) is 0 Å². The average Bonchev–Trinajstić information content (AvgIpc) is 2.60. The lowest BCUT2D eigenvalue weighted by molar-refractivity contribution is -0.178. The molecule has 2 aliphatic rings. The van der Waals surface area contributed by atoms with E-state index in [1.807, 2.05) is 6.92 Å². The Bertz CT molecular complexity index is 697. The highest BCUT2D eigenvalue weighted by Crippen LogP contribution is 2.50. The molecule has 2 rings (SSSR count). The molecule has 9 heteroatoms. The molecule has 0 aromatic rings. The van der Waals surface area contributed by atoms with Crippen LogP contribution in [0.4, 0.5) is 0 Å². The number of carboxylic acids is 1. The number of esters is 1. The summed E-state index contributed by atoms with van der Waals surface area (Å²) < 4.78 is 29.6. The number of carbonyl (C=O) groups is 3. The van der Waals surface area contributed by atoms with Crippen molar-refractivity contribution in [3.8, 4) is 0 Å². The zero-order valence-electron chi connectivity index (χ0n) is 15.1. The van der Waals surface area contributed by atoms with Crippen molar-refractivity contribution in [3.05, 3.63) is 0 Å². The average molecular weight is 375 g/mol. The molecule has 2 heterocycles. The van der Waals surface area contributed by atoms with Crippen molar-refractivity contribution < 1.29 is 32.6 Å². The van der Waals surface area contributed by atoms with Gasteiger partial charge in [-0.2, -0.15) is 0 Å². The molecule has 1 N–H and O–H groups in total. The largest absolute Gasteiger partial charge is 0.480 e. The van der Waals surface area contributed by atoms with Crippen molar-refractivity contribution in [3.63, 3.8) is 0 Å². The minimum absolute atomic E-state index is 0.175. The Morgan fingerprint density at radius 3 is 2.32 bits per heavy atom. The van der Waals surface area contributed by atoms with Crippen LogP contribution in [0.1, 0.15) is 47.5 Å². The predicted molar refractivity (Wildman–Crippen MR) is 88.2 cm³/mol. The van der Waals surface area contributed by atoms with Gasteiger partial charge >= 0.3 is 11.9 Å². The molecule has 0 aromatic carbocycles. The van der Waals surface area contributed by atoms with Gasteiger partial charge in [-0.1, -0.05) is 20.8 Å². The van der Waals surface area contributed by atoms with E-state index in [2.05, 4.69) is 0 Å². The van der Waals surface area contributed by atoms with Crippen LogP contribution in [0.2, 0.25) is 0 Å². The highest BCUT2D eigenvalue weighted by Gasteiger charge is 2.73. The second-order valence-electron chi connectivity index (χ2n) is 7.50. The van der Waals surface area contributed by atoms with Crippen LogP contribution < -0.4 is 0 Å². The molecule has 2 saturated heterocycles. The van der Waals surface area contributed by atoms with Crippen LogP contribution in [-0.2, 0) is 29.0 Å². The number of carbonyl (C=O) groups excluding carboxylic acids is 2. The van der Waals surface area contributed by atoms with Gasteiger partial charge in [0.2, 0.25) is 5.91 Å². The smallest absolute Gasteiger partial charge is 0.328 e. The minimum atomic E-state index is -3.94. The van der Waals surface area contributed by atoms with E-state index in [4.69, 9.17) is 4.74 Å². The Morgan fingerprint density at radius 2 is 1.88 bits per heavy atom. The number of nitrogens with zero attached hydrogens (tertiary/aromatic N) is 1. The number of β-lactam (4-membered cyclic amide) rings is 1. The summed E-state index contributed by atoms with van der Waals surface area (Å²) in [5.74, 6) is -3.77. The fourth-order valence-corrected chi connectivity index (χ4v) is 6.02. The zero-order chi connectivity index (χ0) is 19.3. The molecule has 0 bridgehead atoms. The zero-order valence-corrected chi connectivity index (χ0v) is 15.9. The number of hydrogen-bond acceptors (Lipinski definition) is 6. The van der Waals surface area contributed by atoms with Crippen molar-refractivity contribution >= 4 is 27.7 Å². The summed E-state index contributed by atoms with van der Waals surface area (Å²) in [6.07, 6.45) is -0.149. The summed E-state index contributed by atoms with van der Waals surface area (Å²) >= 11 is 0. The van der Waals surface area contributed by atoms with Crippen LogP contribution in [0.15, 0.2) is 0 Å². The first kappa shape index (κ1) is 19.7. The van der Waals surface area contributed by atoms with Crippen LogP contribution in [0, 0.1) is 11.8 Å². The van der Waals surface area contributed by atoms with Crippen LogP contribution in [-0.4, -0.2) is 58.5 Å². The van der Waals surface area contributed by atoms with Gasteiger partial charge in [0.25, 0.3) is 0 Å². The van der Waals surface area contributed by atoms with Gasteiger partial charge < -0.3 is 14.7 Å². The molecule has 4 atom stereocenters. The molecule has 142 valence electrons. The lowest BCUT2D eigenvalue weighted by atomic mass is 9.83. The molecule has 0 radical (unpaired) electrons. The second-order valence-corrected chi connectivity index (χ2v) is 10.1. The molecule has 25 heavy (non-hydrogen) atoms. The lowest BCUT2D eigenvalue weighted by Gasteiger charge is -2.46. The first-order valence-electron chi connectivity index (χ1n) is 8.37. The van der Waals surface area contributed by atoms with Crippen LogP contribution in [0.25, 0.3) is 0 Å². The summed E-state index contributed by atoms with van der Waals surface area (Å²) in [4.78, 5) is 37.0. The van der Waals surface area contributed by atoms with Gasteiger partial charge in [-0.05, 0) is 26.2 Å². The number of fused-ring (bicyclic) bond motifs is 1. The number of rotatable bonds is 6.